The Morgan fingerprint density at radius 2 is 1.84 bits per heavy atom. The highest BCUT2D eigenvalue weighted by atomic mass is 16.7. The number of hydrogen-bond donors (Lipinski definition) is 1. The third kappa shape index (κ3) is 4.12. The smallest absolute Gasteiger partial charge is 0.278 e. The number of rotatable bonds is 8. The molecule has 0 saturated carbocycles. The first kappa shape index (κ1) is 20.5. The van der Waals surface area contributed by atoms with Crippen LogP contribution in [0.25, 0.3) is 5.57 Å². The fourth-order valence-corrected chi connectivity index (χ4v) is 3.35. The van der Waals surface area contributed by atoms with Crippen molar-refractivity contribution in [2.24, 2.45) is 5.92 Å². The molecule has 0 saturated heterocycles. The van der Waals surface area contributed by atoms with Gasteiger partial charge in [-0.25, -0.2) is 0 Å². The number of fused-ring (bicyclic) bond motifs is 1. The van der Waals surface area contributed by atoms with Gasteiger partial charge in [0.15, 0.2) is 11.5 Å². The van der Waals surface area contributed by atoms with Crippen molar-refractivity contribution in [2.75, 3.05) is 25.3 Å². The van der Waals surface area contributed by atoms with Crippen LogP contribution in [0.15, 0.2) is 60.8 Å². The Kier molecular flexibility index (Phi) is 5.66. The highest BCUT2D eigenvalue weighted by molar-refractivity contribution is 6.36. The van der Waals surface area contributed by atoms with Gasteiger partial charge in [0.1, 0.15) is 11.4 Å². The monoisotopic (exact) mass is 420 g/mol. The van der Waals surface area contributed by atoms with Crippen LogP contribution in [-0.4, -0.2) is 36.7 Å². The summed E-state index contributed by atoms with van der Waals surface area (Å²) in [5.74, 6) is 1.56. The average Bonchev–Trinajstić information content (AvgIpc) is 3.31. The number of carbonyl (C=O) groups is 2. The quantitative estimate of drug-likeness (QED) is 0.517. The molecule has 0 atom stereocenters. The minimum Gasteiger partial charge on any atom is -0.493 e. The minimum absolute atomic E-state index is 0.128. The van der Waals surface area contributed by atoms with Crippen LogP contribution < -0.4 is 19.5 Å². The van der Waals surface area contributed by atoms with Gasteiger partial charge in [0, 0.05) is 18.3 Å². The lowest BCUT2D eigenvalue weighted by Crippen LogP contribution is -2.32. The molecule has 0 aliphatic carbocycles. The number of imide groups is 1. The van der Waals surface area contributed by atoms with Crippen molar-refractivity contribution in [3.05, 3.63) is 66.4 Å². The Morgan fingerprint density at radius 1 is 1.10 bits per heavy atom. The minimum atomic E-state index is -0.405. The Balaban J connectivity index is 1.67. The van der Waals surface area contributed by atoms with E-state index >= 15 is 0 Å². The van der Waals surface area contributed by atoms with Crippen molar-refractivity contribution in [1.82, 2.24) is 4.90 Å². The topological polar surface area (TPSA) is 77.1 Å². The SMILES string of the molecule is C=CCN1C(=O)C(Nc2ccc3c(c2)OCO3)=C(c2ccc(OCC(C)C)cc2)C1=O. The first-order valence-corrected chi connectivity index (χ1v) is 10.1. The summed E-state index contributed by atoms with van der Waals surface area (Å²) < 4.78 is 16.5. The average molecular weight is 420 g/mol. The Hall–Kier alpha value is -3.74. The molecule has 0 radical (unpaired) electrons. The first-order chi connectivity index (χ1) is 15.0. The van der Waals surface area contributed by atoms with Crippen molar-refractivity contribution >= 4 is 23.1 Å². The summed E-state index contributed by atoms with van der Waals surface area (Å²) in [7, 11) is 0. The zero-order chi connectivity index (χ0) is 22.0. The molecule has 2 aromatic carbocycles. The highest BCUT2D eigenvalue weighted by Crippen LogP contribution is 2.36. The molecule has 1 N–H and O–H groups in total. The summed E-state index contributed by atoms with van der Waals surface area (Å²) in [6.07, 6.45) is 1.53. The lowest BCUT2D eigenvalue weighted by Gasteiger charge is -2.12. The number of carbonyl (C=O) groups excluding carboxylic acids is 2. The molecule has 2 aromatic rings. The predicted octanol–water partition coefficient (Wildman–Crippen LogP) is 3.83. The van der Waals surface area contributed by atoms with Gasteiger partial charge >= 0.3 is 0 Å². The molecule has 7 nitrogen and oxygen atoms in total. The molecule has 2 amide bonds. The summed E-state index contributed by atoms with van der Waals surface area (Å²) in [4.78, 5) is 27.3. The number of amides is 2. The summed E-state index contributed by atoms with van der Waals surface area (Å²) in [6.45, 7) is 8.68. The van der Waals surface area contributed by atoms with E-state index in [1.807, 2.05) is 0 Å². The maximum absolute atomic E-state index is 13.1. The highest BCUT2D eigenvalue weighted by Gasteiger charge is 2.38. The Labute approximate surface area is 180 Å². The van der Waals surface area contributed by atoms with Crippen LogP contribution in [0.2, 0.25) is 0 Å². The van der Waals surface area contributed by atoms with Crippen molar-refractivity contribution in [3.63, 3.8) is 0 Å². The Morgan fingerprint density at radius 3 is 2.55 bits per heavy atom. The molecule has 7 heteroatoms. The van der Waals surface area contributed by atoms with Crippen LogP contribution in [0.3, 0.4) is 0 Å². The molecular formula is C24H24N2O5. The number of nitrogens with one attached hydrogen (secondary N) is 1. The second-order valence-corrected chi connectivity index (χ2v) is 7.68. The van der Waals surface area contributed by atoms with Crippen molar-refractivity contribution in [2.45, 2.75) is 13.8 Å². The maximum Gasteiger partial charge on any atom is 0.278 e. The molecule has 4 rings (SSSR count). The van der Waals surface area contributed by atoms with E-state index < -0.39 is 5.91 Å². The second-order valence-electron chi connectivity index (χ2n) is 7.68. The van der Waals surface area contributed by atoms with Crippen LogP contribution in [0.4, 0.5) is 5.69 Å². The standard InChI is InChI=1S/C24H24N2O5/c1-4-11-26-23(27)21(16-5-8-18(9-6-16)29-13-15(2)3)22(24(26)28)25-17-7-10-19-20(12-17)31-14-30-19/h4-10,12,15,25H,1,11,13-14H2,2-3H3. The number of ether oxygens (including phenoxy) is 3. The molecule has 0 spiro atoms. The van der Waals surface area contributed by atoms with Crippen molar-refractivity contribution in [3.8, 4) is 17.2 Å². The van der Waals surface area contributed by atoms with Crippen molar-refractivity contribution in [1.29, 1.82) is 0 Å². The van der Waals surface area contributed by atoms with E-state index in [2.05, 4.69) is 25.7 Å². The summed E-state index contributed by atoms with van der Waals surface area (Å²) in [5, 5.41) is 3.11. The third-order valence-corrected chi connectivity index (χ3v) is 4.85. The van der Waals surface area contributed by atoms with Crippen LogP contribution in [0.1, 0.15) is 19.4 Å². The zero-order valence-corrected chi connectivity index (χ0v) is 17.5. The van der Waals surface area contributed by atoms with E-state index in [0.29, 0.717) is 46.6 Å². The normalized spacial score (nSPS) is 15.1. The number of benzene rings is 2. The van der Waals surface area contributed by atoms with E-state index in [9.17, 15) is 9.59 Å². The van der Waals surface area contributed by atoms with Gasteiger partial charge in [0.25, 0.3) is 11.8 Å². The van der Waals surface area contributed by atoms with E-state index in [1.165, 1.54) is 11.0 Å². The lowest BCUT2D eigenvalue weighted by atomic mass is 10.0. The van der Waals surface area contributed by atoms with Gasteiger partial charge in [-0.2, -0.15) is 0 Å². The molecule has 2 heterocycles. The van der Waals surface area contributed by atoms with Gasteiger partial charge in [-0.15, -0.1) is 6.58 Å². The van der Waals surface area contributed by atoms with E-state index in [-0.39, 0.29) is 24.9 Å². The summed E-state index contributed by atoms with van der Waals surface area (Å²) in [6, 6.07) is 12.4. The van der Waals surface area contributed by atoms with Crippen LogP contribution in [0, 0.1) is 5.92 Å². The second kappa shape index (κ2) is 8.55. The molecule has 0 aromatic heterocycles. The zero-order valence-electron chi connectivity index (χ0n) is 17.5. The lowest BCUT2D eigenvalue weighted by molar-refractivity contribution is -0.136. The molecule has 31 heavy (non-hydrogen) atoms. The molecule has 2 aliphatic heterocycles. The van der Waals surface area contributed by atoms with Crippen LogP contribution in [0.5, 0.6) is 17.2 Å². The van der Waals surface area contributed by atoms with Crippen molar-refractivity contribution < 1.29 is 23.8 Å². The fourth-order valence-electron chi connectivity index (χ4n) is 3.35. The molecule has 0 fully saturated rings. The summed E-state index contributed by atoms with van der Waals surface area (Å²) in [5.41, 5.74) is 1.77. The predicted molar refractivity (Wildman–Crippen MR) is 117 cm³/mol. The molecule has 0 unspecified atom stereocenters. The number of nitrogens with zero attached hydrogens (tertiary/aromatic N) is 1. The van der Waals surface area contributed by atoms with Gasteiger partial charge in [0.05, 0.1) is 12.2 Å². The van der Waals surface area contributed by atoms with Gasteiger partial charge in [-0.1, -0.05) is 32.1 Å². The van der Waals surface area contributed by atoms with Gasteiger partial charge in [-0.3, -0.25) is 14.5 Å². The maximum atomic E-state index is 13.1. The summed E-state index contributed by atoms with van der Waals surface area (Å²) >= 11 is 0. The molecular weight excluding hydrogens is 396 g/mol. The number of hydrogen-bond acceptors (Lipinski definition) is 6. The molecule has 2 aliphatic rings. The van der Waals surface area contributed by atoms with E-state index in [1.54, 1.807) is 42.5 Å². The van der Waals surface area contributed by atoms with Gasteiger partial charge < -0.3 is 19.5 Å². The van der Waals surface area contributed by atoms with E-state index in [0.717, 1.165) is 0 Å². The van der Waals surface area contributed by atoms with Crippen LogP contribution >= 0.6 is 0 Å². The fraction of sp³-hybridized carbons (Fsp3) is 0.250. The number of anilines is 1. The largest absolute Gasteiger partial charge is 0.493 e. The van der Waals surface area contributed by atoms with Crippen LogP contribution in [-0.2, 0) is 9.59 Å². The third-order valence-electron chi connectivity index (χ3n) is 4.85. The van der Waals surface area contributed by atoms with E-state index in [4.69, 9.17) is 14.2 Å². The Bertz CT molecular complexity index is 1060. The van der Waals surface area contributed by atoms with Gasteiger partial charge in [-0.05, 0) is 35.7 Å². The molecule has 0 bridgehead atoms. The first-order valence-electron chi connectivity index (χ1n) is 10.1. The van der Waals surface area contributed by atoms with Gasteiger partial charge in [0.2, 0.25) is 6.79 Å². The molecule has 160 valence electrons.